The standard InChI is InChI=1S/C8H8BrClO4S/c1-14-8-6(9)3-2-5(7(8)11)4-15(10,12)13/h2-3,11H,4H2,1H3. The molecule has 0 spiro atoms. The Hall–Kier alpha value is -0.460. The van der Waals surface area contributed by atoms with Crippen LogP contribution in [-0.2, 0) is 14.8 Å². The van der Waals surface area contributed by atoms with E-state index in [1.807, 2.05) is 0 Å². The van der Waals surface area contributed by atoms with Gasteiger partial charge in [-0.1, -0.05) is 6.07 Å². The largest absolute Gasteiger partial charge is 0.504 e. The minimum absolute atomic E-state index is 0.188. The average molecular weight is 316 g/mol. The Labute approximate surface area is 100 Å². The fourth-order valence-electron chi connectivity index (χ4n) is 1.08. The molecule has 0 aliphatic rings. The van der Waals surface area contributed by atoms with E-state index in [0.717, 1.165) is 0 Å². The summed E-state index contributed by atoms with van der Waals surface area (Å²) >= 11 is 3.15. The van der Waals surface area contributed by atoms with Gasteiger partial charge in [0.05, 0.1) is 17.3 Å². The lowest BCUT2D eigenvalue weighted by molar-refractivity contribution is 0.369. The zero-order chi connectivity index (χ0) is 11.6. The Morgan fingerprint density at radius 3 is 2.60 bits per heavy atom. The SMILES string of the molecule is COc1c(Br)ccc(CS(=O)(=O)Cl)c1O. The molecule has 1 rings (SSSR count). The van der Waals surface area contributed by atoms with Crippen LogP contribution in [0, 0.1) is 0 Å². The average Bonchev–Trinajstić information content (AvgIpc) is 2.09. The van der Waals surface area contributed by atoms with Crippen molar-refractivity contribution in [3.05, 3.63) is 22.2 Å². The normalized spacial score (nSPS) is 11.4. The van der Waals surface area contributed by atoms with Gasteiger partial charge in [-0.2, -0.15) is 0 Å². The van der Waals surface area contributed by atoms with Crippen molar-refractivity contribution in [3.8, 4) is 11.5 Å². The summed E-state index contributed by atoms with van der Waals surface area (Å²) in [7, 11) is 2.76. The molecule has 0 bridgehead atoms. The molecule has 1 aromatic rings. The Balaban J connectivity index is 3.22. The molecule has 0 amide bonds. The van der Waals surface area contributed by atoms with Crippen molar-refractivity contribution in [2.45, 2.75) is 5.75 Å². The maximum absolute atomic E-state index is 10.8. The molecule has 84 valence electrons. The summed E-state index contributed by atoms with van der Waals surface area (Å²) in [6.07, 6.45) is 0. The summed E-state index contributed by atoms with van der Waals surface area (Å²) in [5.41, 5.74) is 0.199. The van der Waals surface area contributed by atoms with Crippen LogP contribution in [0.5, 0.6) is 11.5 Å². The molecule has 0 fully saturated rings. The van der Waals surface area contributed by atoms with E-state index < -0.39 is 14.8 Å². The molecule has 0 saturated heterocycles. The van der Waals surface area contributed by atoms with Crippen molar-refractivity contribution in [2.24, 2.45) is 0 Å². The lowest BCUT2D eigenvalue weighted by atomic mass is 10.2. The lowest BCUT2D eigenvalue weighted by Gasteiger charge is -2.09. The van der Waals surface area contributed by atoms with E-state index in [9.17, 15) is 13.5 Å². The number of rotatable bonds is 3. The maximum atomic E-state index is 10.8. The highest BCUT2D eigenvalue weighted by atomic mass is 79.9. The zero-order valence-electron chi connectivity index (χ0n) is 7.70. The van der Waals surface area contributed by atoms with Crippen LogP contribution in [0.15, 0.2) is 16.6 Å². The third kappa shape index (κ3) is 3.25. The first-order valence-electron chi connectivity index (χ1n) is 3.82. The van der Waals surface area contributed by atoms with Gasteiger partial charge in [0.2, 0.25) is 9.05 Å². The highest BCUT2D eigenvalue weighted by Gasteiger charge is 2.16. The molecule has 15 heavy (non-hydrogen) atoms. The first-order chi connectivity index (χ1) is 6.85. The predicted molar refractivity (Wildman–Crippen MR) is 60.8 cm³/mol. The van der Waals surface area contributed by atoms with Crippen LogP contribution < -0.4 is 4.74 Å². The molecule has 1 N–H and O–H groups in total. The van der Waals surface area contributed by atoms with Gasteiger partial charge in [0.1, 0.15) is 0 Å². The Kier molecular flexibility index (Phi) is 3.86. The van der Waals surface area contributed by atoms with Crippen LogP contribution in [0.3, 0.4) is 0 Å². The van der Waals surface area contributed by atoms with Crippen molar-refractivity contribution >= 4 is 35.7 Å². The lowest BCUT2D eigenvalue weighted by Crippen LogP contribution is -1.97. The van der Waals surface area contributed by atoms with Crippen LogP contribution in [0.1, 0.15) is 5.56 Å². The summed E-state index contributed by atoms with van der Waals surface area (Å²) in [6, 6.07) is 3.04. The topological polar surface area (TPSA) is 63.6 Å². The predicted octanol–water partition coefficient (Wildman–Crippen LogP) is 2.23. The first-order valence-corrected chi connectivity index (χ1v) is 7.09. The fourth-order valence-corrected chi connectivity index (χ4v) is 2.52. The molecule has 0 aromatic heterocycles. The number of ether oxygens (including phenoxy) is 1. The highest BCUT2D eigenvalue weighted by molar-refractivity contribution is 9.10. The molecule has 7 heteroatoms. The van der Waals surface area contributed by atoms with Crippen molar-refractivity contribution in [1.29, 1.82) is 0 Å². The van der Waals surface area contributed by atoms with Gasteiger partial charge in [0, 0.05) is 16.2 Å². The van der Waals surface area contributed by atoms with Crippen molar-refractivity contribution < 1.29 is 18.3 Å². The van der Waals surface area contributed by atoms with Gasteiger partial charge in [0.25, 0.3) is 0 Å². The number of methoxy groups -OCH3 is 1. The first kappa shape index (κ1) is 12.6. The summed E-state index contributed by atoms with van der Waals surface area (Å²) in [4.78, 5) is 0. The number of benzene rings is 1. The second-order valence-electron chi connectivity index (χ2n) is 2.77. The second kappa shape index (κ2) is 4.59. The molecular weight excluding hydrogens is 308 g/mol. The minimum Gasteiger partial charge on any atom is -0.504 e. The molecule has 4 nitrogen and oxygen atoms in total. The van der Waals surface area contributed by atoms with Gasteiger partial charge in [-0.15, -0.1) is 0 Å². The smallest absolute Gasteiger partial charge is 0.236 e. The van der Waals surface area contributed by atoms with Crippen LogP contribution in [0.2, 0.25) is 0 Å². The quantitative estimate of drug-likeness (QED) is 0.869. The van der Waals surface area contributed by atoms with E-state index in [1.54, 1.807) is 6.07 Å². The van der Waals surface area contributed by atoms with Crippen molar-refractivity contribution in [3.63, 3.8) is 0 Å². The van der Waals surface area contributed by atoms with E-state index >= 15 is 0 Å². The Morgan fingerprint density at radius 1 is 1.53 bits per heavy atom. The Morgan fingerprint density at radius 2 is 2.13 bits per heavy atom. The van der Waals surface area contributed by atoms with Gasteiger partial charge < -0.3 is 9.84 Å². The van der Waals surface area contributed by atoms with Gasteiger partial charge in [-0.25, -0.2) is 8.42 Å². The molecule has 0 saturated carbocycles. The molecule has 1 aromatic carbocycles. The molecule has 0 unspecified atom stereocenters. The van der Waals surface area contributed by atoms with E-state index in [1.165, 1.54) is 13.2 Å². The second-order valence-corrected chi connectivity index (χ2v) is 6.40. The summed E-state index contributed by atoms with van der Waals surface area (Å²) in [5, 5.41) is 9.65. The number of halogens is 2. The monoisotopic (exact) mass is 314 g/mol. The Bertz CT molecular complexity index is 472. The minimum atomic E-state index is -3.70. The van der Waals surface area contributed by atoms with Crippen LogP contribution in [0.4, 0.5) is 0 Å². The summed E-state index contributed by atoms with van der Waals surface area (Å²) in [5.74, 6) is -0.478. The maximum Gasteiger partial charge on any atom is 0.236 e. The number of phenolic OH excluding ortho intramolecular Hbond substituents is 1. The molecular formula is C8H8BrClO4S. The number of hydrogen-bond acceptors (Lipinski definition) is 4. The van der Waals surface area contributed by atoms with Gasteiger partial charge in [-0.3, -0.25) is 0 Å². The van der Waals surface area contributed by atoms with Crippen LogP contribution in [0.25, 0.3) is 0 Å². The summed E-state index contributed by atoms with van der Waals surface area (Å²) in [6.45, 7) is 0. The van der Waals surface area contributed by atoms with Gasteiger partial charge in [-0.05, 0) is 22.0 Å². The van der Waals surface area contributed by atoms with Crippen molar-refractivity contribution in [1.82, 2.24) is 0 Å². The molecule has 0 radical (unpaired) electrons. The van der Waals surface area contributed by atoms with E-state index in [0.29, 0.717) is 4.47 Å². The third-order valence-electron chi connectivity index (χ3n) is 1.70. The number of aromatic hydroxyl groups is 1. The summed E-state index contributed by atoms with van der Waals surface area (Å²) < 4.78 is 27.1. The van der Waals surface area contributed by atoms with E-state index in [4.69, 9.17) is 15.4 Å². The van der Waals surface area contributed by atoms with Crippen LogP contribution >= 0.6 is 26.6 Å². The molecule has 0 aliphatic heterocycles. The van der Waals surface area contributed by atoms with Gasteiger partial charge >= 0.3 is 0 Å². The zero-order valence-corrected chi connectivity index (χ0v) is 10.9. The fraction of sp³-hybridized carbons (Fsp3) is 0.250. The third-order valence-corrected chi connectivity index (χ3v) is 3.31. The molecule has 0 aliphatic carbocycles. The van der Waals surface area contributed by atoms with Gasteiger partial charge in [0.15, 0.2) is 11.5 Å². The molecule has 0 atom stereocenters. The number of phenols is 1. The van der Waals surface area contributed by atoms with E-state index in [2.05, 4.69) is 15.9 Å². The number of hydrogen-bond donors (Lipinski definition) is 1. The van der Waals surface area contributed by atoms with Crippen LogP contribution in [-0.4, -0.2) is 20.6 Å². The molecule has 0 heterocycles. The van der Waals surface area contributed by atoms with E-state index in [-0.39, 0.29) is 17.1 Å². The highest BCUT2D eigenvalue weighted by Crippen LogP contribution is 2.37. The van der Waals surface area contributed by atoms with Crippen molar-refractivity contribution in [2.75, 3.05) is 7.11 Å².